The molecule has 0 fully saturated rings. The van der Waals surface area contributed by atoms with E-state index in [1.807, 2.05) is 60.4 Å². The van der Waals surface area contributed by atoms with Crippen LogP contribution in [0, 0.1) is 6.92 Å². The van der Waals surface area contributed by atoms with Gasteiger partial charge in [0.2, 0.25) is 0 Å². The number of carbonyl (C=O) groups excluding carboxylic acids is 1. The number of amides is 1. The van der Waals surface area contributed by atoms with E-state index in [0.717, 1.165) is 34.7 Å². The molecule has 1 atom stereocenters. The number of rotatable bonds is 3. The van der Waals surface area contributed by atoms with Gasteiger partial charge in [0.25, 0.3) is 5.91 Å². The molecule has 0 saturated heterocycles. The zero-order valence-electron chi connectivity index (χ0n) is 15.1. The van der Waals surface area contributed by atoms with Crippen molar-refractivity contribution in [3.8, 4) is 5.75 Å². The fraction of sp³-hybridized carbons (Fsp3) is 0.227. The SMILES string of the molecule is COc1cccc(C2c3cccn3CCN2C(=O)c2ccc(C)cc2)c1. The molecule has 2 aromatic carbocycles. The minimum atomic E-state index is -0.123. The maximum atomic E-state index is 13.3. The third-order valence-corrected chi connectivity index (χ3v) is 5.01. The van der Waals surface area contributed by atoms with Crippen LogP contribution in [0.25, 0.3) is 0 Å². The maximum absolute atomic E-state index is 13.3. The second-order valence-corrected chi connectivity index (χ2v) is 6.67. The third kappa shape index (κ3) is 2.88. The standard InChI is InChI=1S/C22H22N2O2/c1-16-8-10-17(11-9-16)22(25)24-14-13-23-12-4-7-20(23)21(24)18-5-3-6-19(15-18)26-2/h3-12,15,21H,13-14H2,1-2H3. The van der Waals surface area contributed by atoms with Crippen molar-refractivity contribution in [2.45, 2.75) is 19.5 Å². The summed E-state index contributed by atoms with van der Waals surface area (Å²) in [5, 5.41) is 0. The topological polar surface area (TPSA) is 34.5 Å². The summed E-state index contributed by atoms with van der Waals surface area (Å²) in [5.41, 5.74) is 4.07. The van der Waals surface area contributed by atoms with E-state index in [9.17, 15) is 4.79 Å². The minimum Gasteiger partial charge on any atom is -0.497 e. The number of hydrogen-bond donors (Lipinski definition) is 0. The summed E-state index contributed by atoms with van der Waals surface area (Å²) in [7, 11) is 1.66. The van der Waals surface area contributed by atoms with Crippen molar-refractivity contribution in [2.75, 3.05) is 13.7 Å². The van der Waals surface area contributed by atoms with E-state index < -0.39 is 0 Å². The minimum absolute atomic E-state index is 0.0604. The molecule has 0 saturated carbocycles. The van der Waals surface area contributed by atoms with Crippen molar-refractivity contribution >= 4 is 5.91 Å². The van der Waals surface area contributed by atoms with Gasteiger partial charge in [0.1, 0.15) is 5.75 Å². The number of nitrogens with zero attached hydrogens (tertiary/aromatic N) is 2. The molecule has 26 heavy (non-hydrogen) atoms. The van der Waals surface area contributed by atoms with Crippen LogP contribution in [0.2, 0.25) is 0 Å². The zero-order valence-corrected chi connectivity index (χ0v) is 15.1. The van der Waals surface area contributed by atoms with Gasteiger partial charge in [-0.1, -0.05) is 29.8 Å². The van der Waals surface area contributed by atoms with E-state index in [0.29, 0.717) is 6.54 Å². The fourth-order valence-corrected chi connectivity index (χ4v) is 3.63. The van der Waals surface area contributed by atoms with Crippen LogP contribution < -0.4 is 4.74 Å². The first kappa shape index (κ1) is 16.5. The number of aromatic nitrogens is 1. The van der Waals surface area contributed by atoms with Gasteiger partial charge in [0.05, 0.1) is 13.2 Å². The molecule has 1 aliphatic rings. The van der Waals surface area contributed by atoms with Crippen molar-refractivity contribution in [1.82, 2.24) is 9.47 Å². The van der Waals surface area contributed by atoms with Gasteiger partial charge in [-0.2, -0.15) is 0 Å². The van der Waals surface area contributed by atoms with E-state index in [4.69, 9.17) is 4.74 Å². The molecular formula is C22H22N2O2. The summed E-state index contributed by atoms with van der Waals surface area (Å²) in [4.78, 5) is 15.2. The third-order valence-electron chi connectivity index (χ3n) is 5.01. The van der Waals surface area contributed by atoms with Crippen LogP contribution >= 0.6 is 0 Å². The molecule has 0 aliphatic carbocycles. The molecule has 1 amide bonds. The Balaban J connectivity index is 1.77. The lowest BCUT2D eigenvalue weighted by atomic mass is 9.98. The van der Waals surface area contributed by atoms with Crippen molar-refractivity contribution in [3.63, 3.8) is 0 Å². The lowest BCUT2D eigenvalue weighted by Gasteiger charge is -2.37. The molecule has 0 N–H and O–H groups in total. The number of aryl methyl sites for hydroxylation is 1. The highest BCUT2D eigenvalue weighted by Gasteiger charge is 2.32. The van der Waals surface area contributed by atoms with Crippen LogP contribution in [0.15, 0.2) is 66.9 Å². The molecule has 0 bridgehead atoms. The van der Waals surface area contributed by atoms with Crippen molar-refractivity contribution in [1.29, 1.82) is 0 Å². The highest BCUT2D eigenvalue weighted by atomic mass is 16.5. The number of carbonyl (C=O) groups is 1. The van der Waals surface area contributed by atoms with E-state index in [2.05, 4.69) is 22.9 Å². The van der Waals surface area contributed by atoms with Crippen LogP contribution in [-0.4, -0.2) is 29.0 Å². The molecule has 4 heteroatoms. The fourth-order valence-electron chi connectivity index (χ4n) is 3.63. The maximum Gasteiger partial charge on any atom is 0.254 e. The van der Waals surface area contributed by atoms with Crippen molar-refractivity contribution in [3.05, 3.63) is 89.2 Å². The molecule has 0 radical (unpaired) electrons. The van der Waals surface area contributed by atoms with Crippen LogP contribution in [0.3, 0.4) is 0 Å². The molecule has 2 heterocycles. The number of hydrogen-bond acceptors (Lipinski definition) is 2. The molecule has 3 aromatic rings. The lowest BCUT2D eigenvalue weighted by Crippen LogP contribution is -2.42. The van der Waals surface area contributed by atoms with Crippen molar-refractivity contribution in [2.24, 2.45) is 0 Å². The summed E-state index contributed by atoms with van der Waals surface area (Å²) >= 11 is 0. The Morgan fingerprint density at radius 1 is 1.04 bits per heavy atom. The Hall–Kier alpha value is -3.01. The van der Waals surface area contributed by atoms with Crippen LogP contribution in [0.4, 0.5) is 0 Å². The van der Waals surface area contributed by atoms with E-state index >= 15 is 0 Å². The second kappa shape index (κ2) is 6.71. The predicted octanol–water partition coefficient (Wildman–Crippen LogP) is 4.05. The Bertz CT molecular complexity index is 927. The molecule has 4 nitrogen and oxygen atoms in total. The zero-order chi connectivity index (χ0) is 18.1. The van der Waals surface area contributed by atoms with Gasteiger partial charge in [0, 0.05) is 30.5 Å². The van der Waals surface area contributed by atoms with Crippen LogP contribution in [0.1, 0.15) is 33.2 Å². The first-order chi connectivity index (χ1) is 12.7. The summed E-state index contributed by atoms with van der Waals surface area (Å²) in [6.07, 6.45) is 2.08. The van der Waals surface area contributed by atoms with Gasteiger partial charge in [-0.05, 0) is 48.9 Å². The van der Waals surface area contributed by atoms with Crippen molar-refractivity contribution < 1.29 is 9.53 Å². The normalized spacial score (nSPS) is 16.2. The number of fused-ring (bicyclic) bond motifs is 1. The second-order valence-electron chi connectivity index (χ2n) is 6.67. The van der Waals surface area contributed by atoms with E-state index in [1.54, 1.807) is 7.11 Å². The molecule has 132 valence electrons. The lowest BCUT2D eigenvalue weighted by molar-refractivity contribution is 0.0664. The Morgan fingerprint density at radius 3 is 2.62 bits per heavy atom. The van der Waals surface area contributed by atoms with Crippen LogP contribution in [0.5, 0.6) is 5.75 Å². The highest BCUT2D eigenvalue weighted by molar-refractivity contribution is 5.94. The van der Waals surface area contributed by atoms with Gasteiger partial charge in [-0.3, -0.25) is 4.79 Å². The number of methoxy groups -OCH3 is 1. The molecule has 0 spiro atoms. The monoisotopic (exact) mass is 346 g/mol. The number of benzene rings is 2. The Labute approximate surface area is 153 Å². The van der Waals surface area contributed by atoms with Gasteiger partial charge < -0.3 is 14.2 Å². The van der Waals surface area contributed by atoms with E-state index in [1.165, 1.54) is 0 Å². The molecule has 1 aromatic heterocycles. The molecule has 4 rings (SSSR count). The van der Waals surface area contributed by atoms with Crippen LogP contribution in [-0.2, 0) is 6.54 Å². The average Bonchev–Trinajstić information content (AvgIpc) is 3.16. The number of ether oxygens (including phenoxy) is 1. The Kier molecular flexibility index (Phi) is 4.25. The summed E-state index contributed by atoms with van der Waals surface area (Å²) in [5.74, 6) is 0.860. The molecule has 1 unspecified atom stereocenters. The summed E-state index contributed by atoms with van der Waals surface area (Å²) in [6, 6.07) is 19.8. The predicted molar refractivity (Wildman–Crippen MR) is 101 cm³/mol. The smallest absolute Gasteiger partial charge is 0.254 e. The van der Waals surface area contributed by atoms with Gasteiger partial charge in [0.15, 0.2) is 0 Å². The first-order valence-corrected chi connectivity index (χ1v) is 8.84. The summed E-state index contributed by atoms with van der Waals surface area (Å²) in [6.45, 7) is 3.51. The molecular weight excluding hydrogens is 324 g/mol. The Morgan fingerprint density at radius 2 is 1.85 bits per heavy atom. The largest absolute Gasteiger partial charge is 0.497 e. The first-order valence-electron chi connectivity index (χ1n) is 8.84. The quantitative estimate of drug-likeness (QED) is 0.717. The van der Waals surface area contributed by atoms with Gasteiger partial charge in [-0.25, -0.2) is 0 Å². The van der Waals surface area contributed by atoms with Gasteiger partial charge >= 0.3 is 0 Å². The molecule has 1 aliphatic heterocycles. The van der Waals surface area contributed by atoms with Gasteiger partial charge in [-0.15, -0.1) is 0 Å². The average molecular weight is 346 g/mol. The highest BCUT2D eigenvalue weighted by Crippen LogP contribution is 2.34. The van der Waals surface area contributed by atoms with E-state index in [-0.39, 0.29) is 11.9 Å². The summed E-state index contributed by atoms with van der Waals surface area (Å²) < 4.78 is 7.62.